The zero-order valence-corrected chi connectivity index (χ0v) is 12.0. The molecule has 0 aromatic heterocycles. The molecule has 4 N–H and O–H groups in total. The van der Waals surface area contributed by atoms with Crippen LogP contribution in [0.4, 0.5) is 0 Å². The molecule has 0 rings (SSSR count). The van der Waals surface area contributed by atoms with E-state index in [1.807, 2.05) is 0 Å². The first-order valence-corrected chi connectivity index (χ1v) is 6.64. The number of hydrogen-bond donors (Lipinski definition) is 4. The van der Waals surface area contributed by atoms with Gasteiger partial charge < -0.3 is 4.98 Å². The summed E-state index contributed by atoms with van der Waals surface area (Å²) in [6, 6.07) is 0. The van der Waals surface area contributed by atoms with Crippen molar-refractivity contribution in [2.24, 2.45) is 0 Å². The summed E-state index contributed by atoms with van der Waals surface area (Å²) in [6.45, 7) is 10.4. The van der Waals surface area contributed by atoms with E-state index in [0.717, 1.165) is 43.0 Å². The van der Waals surface area contributed by atoms with Gasteiger partial charge in [-0.05, 0) is 26.2 Å². The molecule has 0 radical (unpaired) electrons. The summed E-state index contributed by atoms with van der Waals surface area (Å²) in [5.74, 6) is -0.0876. The van der Waals surface area contributed by atoms with E-state index in [1.165, 1.54) is 0 Å². The van der Waals surface area contributed by atoms with Gasteiger partial charge in [-0.15, -0.1) is 0 Å². The summed E-state index contributed by atoms with van der Waals surface area (Å²) in [7, 11) is 1.06. The van der Waals surface area contributed by atoms with Crippen LogP contribution in [0.5, 0.6) is 0 Å². The Hall–Kier alpha value is 0.0569. The zero-order valence-electron chi connectivity index (χ0n) is 10.0. The van der Waals surface area contributed by atoms with Gasteiger partial charge in [0.25, 0.3) is 0 Å². The maximum atomic E-state index is 3.49. The maximum absolute atomic E-state index is 3.49. The molecule has 0 amide bonds. The molecule has 0 aliphatic rings. The zero-order chi connectivity index (χ0) is 10.9. The predicted molar refractivity (Wildman–Crippen MR) is 66.3 cm³/mol. The van der Waals surface area contributed by atoms with Gasteiger partial charge in [0.05, 0.1) is 10.4 Å². The second kappa shape index (κ2) is 8.37. The van der Waals surface area contributed by atoms with Crippen LogP contribution >= 0.6 is 0 Å². The Labute approximate surface area is 91.1 Å². The van der Waals surface area contributed by atoms with Crippen LogP contribution in [0.25, 0.3) is 0 Å². The van der Waals surface area contributed by atoms with Crippen LogP contribution in [-0.4, -0.2) is 42.4 Å². The summed E-state index contributed by atoms with van der Waals surface area (Å²) in [5, 5.41) is 10.5. The Bertz CT molecular complexity index is 115. The molecule has 0 saturated carbocycles. The third-order valence-corrected chi connectivity index (χ3v) is 2.69. The summed E-state index contributed by atoms with van der Waals surface area (Å²) < 4.78 is 0. The Morgan fingerprint density at radius 1 is 0.929 bits per heavy atom. The minimum Gasteiger partial charge on any atom is -0.345 e. The third-order valence-electron chi connectivity index (χ3n) is 2.19. The summed E-state index contributed by atoms with van der Waals surface area (Å²) >= 11 is 0. The van der Waals surface area contributed by atoms with Crippen LogP contribution in [0.2, 0.25) is 0 Å². The summed E-state index contributed by atoms with van der Waals surface area (Å²) in [5.41, 5.74) is 0. The van der Waals surface area contributed by atoms with Crippen LogP contribution in [0.15, 0.2) is 0 Å². The molecule has 0 atom stereocenters. The van der Waals surface area contributed by atoms with Crippen LogP contribution in [-0.2, 0) is 0 Å². The van der Waals surface area contributed by atoms with Crippen molar-refractivity contribution in [3.05, 3.63) is 0 Å². The van der Waals surface area contributed by atoms with Gasteiger partial charge in [0.15, 0.2) is 0 Å². The summed E-state index contributed by atoms with van der Waals surface area (Å²) in [6.07, 6.45) is 1.06. The SMILES string of the molecule is CCNC(CCN[SiH3])(NCC)NCC. The molecule has 0 heterocycles. The lowest BCUT2D eigenvalue weighted by Gasteiger charge is -2.36. The largest absolute Gasteiger partial charge is 0.345 e. The molecule has 0 spiro atoms. The normalized spacial score (nSPS) is 12.2. The first-order chi connectivity index (χ1) is 6.74. The lowest BCUT2D eigenvalue weighted by atomic mass is 10.2. The second-order valence-corrected chi connectivity index (χ2v) is 4.06. The molecule has 0 aliphatic carbocycles. The number of rotatable bonds is 9. The molecule has 0 fully saturated rings. The average Bonchev–Trinajstić information content (AvgIpc) is 2.16. The monoisotopic (exact) mass is 218 g/mol. The minimum atomic E-state index is -0.0876. The van der Waals surface area contributed by atoms with Gasteiger partial charge in [0, 0.05) is 6.42 Å². The second-order valence-electron chi connectivity index (χ2n) is 3.35. The van der Waals surface area contributed by atoms with Gasteiger partial charge in [-0.1, -0.05) is 20.8 Å². The molecule has 86 valence electrons. The van der Waals surface area contributed by atoms with Crippen LogP contribution in [0.3, 0.4) is 0 Å². The smallest absolute Gasteiger partial charge is 0.124 e. The molecular weight excluding hydrogens is 192 g/mol. The van der Waals surface area contributed by atoms with Crippen molar-refractivity contribution in [2.75, 3.05) is 26.2 Å². The Morgan fingerprint density at radius 3 is 1.64 bits per heavy atom. The number of hydrogen-bond acceptors (Lipinski definition) is 4. The molecule has 0 aliphatic heterocycles. The Balaban J connectivity index is 4.21. The van der Waals surface area contributed by atoms with Crippen LogP contribution in [0, 0.1) is 0 Å². The maximum Gasteiger partial charge on any atom is 0.124 e. The van der Waals surface area contributed by atoms with Gasteiger partial charge >= 0.3 is 0 Å². The molecule has 0 aromatic carbocycles. The number of nitrogens with one attached hydrogen (secondary N) is 4. The van der Waals surface area contributed by atoms with E-state index in [0.29, 0.717) is 0 Å². The molecule has 0 unspecified atom stereocenters. The van der Waals surface area contributed by atoms with Crippen molar-refractivity contribution in [3.63, 3.8) is 0 Å². The summed E-state index contributed by atoms with van der Waals surface area (Å²) in [4.78, 5) is 3.32. The molecule has 0 aromatic rings. The Morgan fingerprint density at radius 2 is 1.36 bits per heavy atom. The highest BCUT2D eigenvalue weighted by Crippen LogP contribution is 2.00. The minimum absolute atomic E-state index is 0.0876. The first-order valence-electron chi connectivity index (χ1n) is 5.64. The molecular formula is C9H26N4Si. The van der Waals surface area contributed by atoms with Gasteiger partial charge in [0.2, 0.25) is 0 Å². The highest BCUT2D eigenvalue weighted by Gasteiger charge is 2.25. The van der Waals surface area contributed by atoms with E-state index < -0.39 is 0 Å². The lowest BCUT2D eigenvalue weighted by Crippen LogP contribution is -2.67. The van der Waals surface area contributed by atoms with E-state index >= 15 is 0 Å². The quantitative estimate of drug-likeness (QED) is 0.288. The van der Waals surface area contributed by atoms with Crippen LogP contribution < -0.4 is 20.9 Å². The third kappa shape index (κ3) is 5.07. The van der Waals surface area contributed by atoms with E-state index in [2.05, 4.69) is 41.7 Å². The van der Waals surface area contributed by atoms with E-state index in [-0.39, 0.29) is 5.79 Å². The fraction of sp³-hybridized carbons (Fsp3) is 1.00. The standard InChI is InChI=1S/C9H26N4Si/c1-4-10-9(11-5-2,12-6-3)7-8-13-14/h10-13H,4-8H2,1-3,14H3. The van der Waals surface area contributed by atoms with Crippen molar-refractivity contribution in [1.29, 1.82) is 0 Å². The fourth-order valence-corrected chi connectivity index (χ4v) is 1.92. The predicted octanol–water partition coefficient (Wildman–Crippen LogP) is -1.27. The topological polar surface area (TPSA) is 48.1 Å². The molecule has 0 saturated heterocycles. The molecule has 5 heteroatoms. The van der Waals surface area contributed by atoms with Crippen LogP contribution in [0.1, 0.15) is 27.2 Å². The fourth-order valence-electron chi connectivity index (χ4n) is 1.67. The van der Waals surface area contributed by atoms with Gasteiger partial charge in [-0.3, -0.25) is 16.0 Å². The van der Waals surface area contributed by atoms with Gasteiger partial charge in [0.1, 0.15) is 5.79 Å². The van der Waals surface area contributed by atoms with Crippen molar-refractivity contribution in [1.82, 2.24) is 20.9 Å². The first kappa shape index (κ1) is 14.1. The van der Waals surface area contributed by atoms with Gasteiger partial charge in [-0.25, -0.2) is 0 Å². The van der Waals surface area contributed by atoms with E-state index in [4.69, 9.17) is 0 Å². The Kier molecular flexibility index (Phi) is 8.41. The van der Waals surface area contributed by atoms with Crippen molar-refractivity contribution in [2.45, 2.75) is 33.0 Å². The van der Waals surface area contributed by atoms with E-state index in [9.17, 15) is 0 Å². The molecule has 4 nitrogen and oxygen atoms in total. The highest BCUT2D eigenvalue weighted by molar-refractivity contribution is 6.04. The lowest BCUT2D eigenvalue weighted by molar-refractivity contribution is 0.194. The van der Waals surface area contributed by atoms with Crippen molar-refractivity contribution >= 4 is 10.4 Å². The van der Waals surface area contributed by atoms with Gasteiger partial charge in [-0.2, -0.15) is 0 Å². The molecule has 0 bridgehead atoms. The van der Waals surface area contributed by atoms with Crippen molar-refractivity contribution < 1.29 is 0 Å². The highest BCUT2D eigenvalue weighted by atomic mass is 28.2. The van der Waals surface area contributed by atoms with E-state index in [1.54, 1.807) is 0 Å². The average molecular weight is 218 g/mol. The van der Waals surface area contributed by atoms with Crippen molar-refractivity contribution in [3.8, 4) is 0 Å². The molecule has 14 heavy (non-hydrogen) atoms.